The van der Waals surface area contributed by atoms with Gasteiger partial charge >= 0.3 is 0 Å². The first kappa shape index (κ1) is 11.7. The van der Waals surface area contributed by atoms with Gasteiger partial charge in [0.1, 0.15) is 12.2 Å². The molecule has 0 saturated heterocycles. The van der Waals surface area contributed by atoms with E-state index in [0.29, 0.717) is 6.04 Å². The molecule has 2 aromatic rings. The van der Waals surface area contributed by atoms with Crippen LogP contribution >= 0.6 is 0 Å². The molecule has 2 aromatic heterocycles. The van der Waals surface area contributed by atoms with Gasteiger partial charge in [-0.25, -0.2) is 9.67 Å². The van der Waals surface area contributed by atoms with Crippen molar-refractivity contribution in [1.29, 1.82) is 0 Å². The van der Waals surface area contributed by atoms with E-state index in [9.17, 15) is 0 Å². The maximum atomic E-state index is 4.35. The fraction of sp³-hybridized carbons (Fsp3) is 0.417. The van der Waals surface area contributed by atoms with E-state index in [1.807, 2.05) is 23.9 Å². The molecular formula is C12H17N5. The average molecular weight is 231 g/mol. The second-order valence-corrected chi connectivity index (χ2v) is 4.16. The van der Waals surface area contributed by atoms with Gasteiger partial charge in [0.25, 0.3) is 0 Å². The summed E-state index contributed by atoms with van der Waals surface area (Å²) in [5, 5.41) is 7.52. The van der Waals surface area contributed by atoms with Crippen LogP contribution in [0.1, 0.15) is 37.3 Å². The number of aromatic nitrogens is 4. The monoisotopic (exact) mass is 231 g/mol. The molecule has 90 valence electrons. The molecule has 0 amide bonds. The third-order valence-corrected chi connectivity index (χ3v) is 2.68. The summed E-state index contributed by atoms with van der Waals surface area (Å²) in [5.74, 6) is 0.925. The Morgan fingerprint density at radius 3 is 2.53 bits per heavy atom. The molecule has 0 aliphatic rings. The summed E-state index contributed by atoms with van der Waals surface area (Å²) in [4.78, 5) is 8.38. The van der Waals surface area contributed by atoms with Crippen LogP contribution < -0.4 is 5.32 Å². The smallest absolute Gasteiger partial charge is 0.148 e. The minimum absolute atomic E-state index is 0.0444. The Kier molecular flexibility index (Phi) is 3.49. The highest BCUT2D eigenvalue weighted by Gasteiger charge is 2.19. The Balaban J connectivity index is 2.39. The lowest BCUT2D eigenvalue weighted by atomic mass is 10.1. The van der Waals surface area contributed by atoms with Crippen molar-refractivity contribution >= 4 is 0 Å². The standard InChI is InChI=1S/C12H17N5/c1-9(2)17-12(15-8-16-17)11(13-3)10-4-6-14-7-5-10/h4-9,11,13H,1-3H3. The average Bonchev–Trinajstić information content (AvgIpc) is 2.81. The number of nitrogens with one attached hydrogen (secondary N) is 1. The van der Waals surface area contributed by atoms with Crippen molar-refractivity contribution in [1.82, 2.24) is 25.1 Å². The van der Waals surface area contributed by atoms with Crippen molar-refractivity contribution in [2.24, 2.45) is 0 Å². The van der Waals surface area contributed by atoms with E-state index in [1.54, 1.807) is 18.7 Å². The van der Waals surface area contributed by atoms with Gasteiger partial charge in [0.2, 0.25) is 0 Å². The lowest BCUT2D eigenvalue weighted by Gasteiger charge is -2.18. The second kappa shape index (κ2) is 5.05. The number of hydrogen-bond acceptors (Lipinski definition) is 4. The molecule has 0 saturated carbocycles. The maximum Gasteiger partial charge on any atom is 0.148 e. The normalized spacial score (nSPS) is 12.9. The molecule has 2 rings (SSSR count). The van der Waals surface area contributed by atoms with Crippen LogP contribution in [0.4, 0.5) is 0 Å². The topological polar surface area (TPSA) is 55.6 Å². The second-order valence-electron chi connectivity index (χ2n) is 4.16. The van der Waals surface area contributed by atoms with E-state index >= 15 is 0 Å². The molecule has 1 unspecified atom stereocenters. The molecule has 0 bridgehead atoms. The third kappa shape index (κ3) is 2.34. The predicted molar refractivity (Wildman–Crippen MR) is 65.5 cm³/mol. The molecule has 2 heterocycles. The lowest BCUT2D eigenvalue weighted by Crippen LogP contribution is -2.23. The molecule has 0 spiro atoms. The fourth-order valence-electron chi connectivity index (χ4n) is 1.86. The first-order valence-electron chi connectivity index (χ1n) is 5.70. The molecular weight excluding hydrogens is 214 g/mol. The van der Waals surface area contributed by atoms with Gasteiger partial charge in [-0.1, -0.05) is 0 Å². The van der Waals surface area contributed by atoms with Crippen LogP contribution in [0.2, 0.25) is 0 Å². The molecule has 0 aliphatic carbocycles. The summed E-state index contributed by atoms with van der Waals surface area (Å²) >= 11 is 0. The quantitative estimate of drug-likeness (QED) is 0.867. The molecule has 5 nitrogen and oxygen atoms in total. The Morgan fingerprint density at radius 2 is 1.94 bits per heavy atom. The summed E-state index contributed by atoms with van der Waals surface area (Å²) < 4.78 is 1.93. The van der Waals surface area contributed by atoms with Crippen molar-refractivity contribution in [3.8, 4) is 0 Å². The van der Waals surface area contributed by atoms with Gasteiger partial charge < -0.3 is 5.32 Å². The summed E-state index contributed by atoms with van der Waals surface area (Å²) in [5.41, 5.74) is 1.14. The molecule has 0 aromatic carbocycles. The summed E-state index contributed by atoms with van der Waals surface area (Å²) in [6, 6.07) is 4.31. The largest absolute Gasteiger partial charge is 0.307 e. The van der Waals surface area contributed by atoms with Gasteiger partial charge in [-0.3, -0.25) is 4.98 Å². The van der Waals surface area contributed by atoms with Gasteiger partial charge in [0.05, 0.1) is 6.04 Å². The SMILES string of the molecule is CNC(c1ccncc1)c1ncnn1C(C)C. The van der Waals surface area contributed by atoms with Gasteiger partial charge in [0, 0.05) is 18.4 Å². The Morgan fingerprint density at radius 1 is 1.24 bits per heavy atom. The Bertz CT molecular complexity index is 463. The predicted octanol–water partition coefficient (Wildman–Crippen LogP) is 1.56. The van der Waals surface area contributed by atoms with Crippen LogP contribution in [0.3, 0.4) is 0 Å². The highest BCUT2D eigenvalue weighted by atomic mass is 15.4. The summed E-state index contributed by atoms with van der Waals surface area (Å²) in [6.45, 7) is 4.19. The van der Waals surface area contributed by atoms with Gasteiger partial charge in [-0.15, -0.1) is 0 Å². The van der Waals surface area contributed by atoms with Crippen LogP contribution in [-0.2, 0) is 0 Å². The van der Waals surface area contributed by atoms with Crippen LogP contribution in [0.15, 0.2) is 30.9 Å². The van der Waals surface area contributed by atoms with Crippen molar-refractivity contribution in [3.63, 3.8) is 0 Å². The maximum absolute atomic E-state index is 4.35. The third-order valence-electron chi connectivity index (χ3n) is 2.68. The lowest BCUT2D eigenvalue weighted by molar-refractivity contribution is 0.477. The van der Waals surface area contributed by atoms with E-state index in [0.717, 1.165) is 11.4 Å². The zero-order valence-corrected chi connectivity index (χ0v) is 10.3. The zero-order valence-electron chi connectivity index (χ0n) is 10.3. The van der Waals surface area contributed by atoms with E-state index in [1.165, 1.54) is 0 Å². The van der Waals surface area contributed by atoms with Gasteiger partial charge in [0.15, 0.2) is 0 Å². The number of nitrogens with zero attached hydrogens (tertiary/aromatic N) is 4. The van der Waals surface area contributed by atoms with Crippen LogP contribution in [-0.4, -0.2) is 26.8 Å². The van der Waals surface area contributed by atoms with Gasteiger partial charge in [-0.2, -0.15) is 5.10 Å². The molecule has 5 heteroatoms. The molecule has 17 heavy (non-hydrogen) atoms. The zero-order chi connectivity index (χ0) is 12.3. The molecule has 1 atom stereocenters. The first-order valence-corrected chi connectivity index (χ1v) is 5.70. The highest BCUT2D eigenvalue weighted by Crippen LogP contribution is 2.20. The minimum Gasteiger partial charge on any atom is -0.307 e. The molecule has 0 fully saturated rings. The van der Waals surface area contributed by atoms with Crippen molar-refractivity contribution in [2.45, 2.75) is 25.9 Å². The van der Waals surface area contributed by atoms with E-state index < -0.39 is 0 Å². The minimum atomic E-state index is 0.0444. The molecule has 0 radical (unpaired) electrons. The fourth-order valence-corrected chi connectivity index (χ4v) is 1.86. The Labute approximate surface area is 101 Å². The Hall–Kier alpha value is -1.75. The number of rotatable bonds is 4. The summed E-state index contributed by atoms with van der Waals surface area (Å²) in [6.07, 6.45) is 5.17. The van der Waals surface area contributed by atoms with Crippen LogP contribution in [0.25, 0.3) is 0 Å². The van der Waals surface area contributed by atoms with Gasteiger partial charge in [-0.05, 0) is 38.6 Å². The molecule has 1 N–H and O–H groups in total. The van der Waals surface area contributed by atoms with E-state index in [4.69, 9.17) is 0 Å². The highest BCUT2D eigenvalue weighted by molar-refractivity contribution is 5.22. The van der Waals surface area contributed by atoms with Crippen molar-refractivity contribution in [2.75, 3.05) is 7.05 Å². The number of hydrogen-bond donors (Lipinski definition) is 1. The van der Waals surface area contributed by atoms with Crippen LogP contribution in [0.5, 0.6) is 0 Å². The van der Waals surface area contributed by atoms with Crippen molar-refractivity contribution in [3.05, 3.63) is 42.2 Å². The van der Waals surface area contributed by atoms with E-state index in [-0.39, 0.29) is 6.04 Å². The number of pyridine rings is 1. The van der Waals surface area contributed by atoms with Crippen molar-refractivity contribution < 1.29 is 0 Å². The first-order chi connectivity index (χ1) is 8.24. The van der Waals surface area contributed by atoms with Crippen LogP contribution in [0, 0.1) is 0 Å². The van der Waals surface area contributed by atoms with E-state index in [2.05, 4.69) is 34.2 Å². The molecule has 0 aliphatic heterocycles. The summed E-state index contributed by atoms with van der Waals surface area (Å²) in [7, 11) is 1.92.